The summed E-state index contributed by atoms with van der Waals surface area (Å²) in [5.74, 6) is 0.643. The molecule has 0 unspecified atom stereocenters. The summed E-state index contributed by atoms with van der Waals surface area (Å²) in [6, 6.07) is 5.59. The lowest BCUT2D eigenvalue weighted by Crippen LogP contribution is -2.31. The average molecular weight is 232 g/mol. The van der Waals surface area contributed by atoms with E-state index in [1.165, 1.54) is 0 Å². The van der Waals surface area contributed by atoms with Crippen molar-refractivity contribution < 1.29 is 9.53 Å². The van der Waals surface area contributed by atoms with E-state index < -0.39 is 0 Å². The van der Waals surface area contributed by atoms with Gasteiger partial charge in [0.2, 0.25) is 0 Å². The molecule has 2 rings (SSSR count). The van der Waals surface area contributed by atoms with Gasteiger partial charge in [-0.2, -0.15) is 0 Å². The predicted octanol–water partition coefficient (Wildman–Crippen LogP) is 0.866. The molecule has 0 radical (unpaired) electrons. The second kappa shape index (κ2) is 5.01. The Morgan fingerprint density at radius 1 is 1.53 bits per heavy atom. The number of hydrogen-bond donors (Lipinski definition) is 2. The Morgan fingerprint density at radius 2 is 2.35 bits per heavy atom. The Bertz CT molecular complexity index is 455. The molecule has 0 aromatic heterocycles. The molecule has 90 valence electrons. The molecule has 1 aliphatic rings. The fourth-order valence-corrected chi connectivity index (χ4v) is 1.72. The maximum Gasteiger partial charge on any atom is 0.251 e. The van der Waals surface area contributed by atoms with Crippen LogP contribution in [-0.2, 0) is 6.42 Å². The summed E-state index contributed by atoms with van der Waals surface area (Å²) in [5.41, 5.74) is 8.02. The SMILES string of the molecule is C=C(CN)COc1ccc2c(c1)C(=O)NCC2. The lowest BCUT2D eigenvalue weighted by Gasteiger charge is -2.17. The van der Waals surface area contributed by atoms with E-state index in [0.29, 0.717) is 31.0 Å². The van der Waals surface area contributed by atoms with Crippen molar-refractivity contribution in [2.45, 2.75) is 6.42 Å². The fourth-order valence-electron chi connectivity index (χ4n) is 1.72. The number of nitrogens with one attached hydrogen (secondary N) is 1. The van der Waals surface area contributed by atoms with Crippen molar-refractivity contribution >= 4 is 5.91 Å². The van der Waals surface area contributed by atoms with Gasteiger partial charge in [-0.3, -0.25) is 4.79 Å². The van der Waals surface area contributed by atoms with E-state index in [0.717, 1.165) is 17.6 Å². The molecule has 4 nitrogen and oxygen atoms in total. The highest BCUT2D eigenvalue weighted by molar-refractivity contribution is 5.97. The van der Waals surface area contributed by atoms with Crippen LogP contribution in [0.3, 0.4) is 0 Å². The van der Waals surface area contributed by atoms with E-state index >= 15 is 0 Å². The van der Waals surface area contributed by atoms with E-state index in [1.54, 1.807) is 6.07 Å². The minimum absolute atomic E-state index is 0.0330. The van der Waals surface area contributed by atoms with Gasteiger partial charge in [0, 0.05) is 18.7 Å². The predicted molar refractivity (Wildman–Crippen MR) is 66.2 cm³/mol. The summed E-state index contributed by atoms with van der Waals surface area (Å²) in [4.78, 5) is 11.6. The van der Waals surface area contributed by atoms with Crippen molar-refractivity contribution in [3.63, 3.8) is 0 Å². The average Bonchev–Trinajstić information content (AvgIpc) is 2.36. The summed E-state index contributed by atoms with van der Waals surface area (Å²) in [5, 5.41) is 2.81. The van der Waals surface area contributed by atoms with Crippen LogP contribution in [-0.4, -0.2) is 25.6 Å². The van der Waals surface area contributed by atoms with Crippen LogP contribution in [0.25, 0.3) is 0 Å². The number of ether oxygens (including phenoxy) is 1. The highest BCUT2D eigenvalue weighted by atomic mass is 16.5. The van der Waals surface area contributed by atoms with E-state index in [4.69, 9.17) is 10.5 Å². The van der Waals surface area contributed by atoms with Crippen LogP contribution >= 0.6 is 0 Å². The monoisotopic (exact) mass is 232 g/mol. The molecule has 0 atom stereocenters. The summed E-state index contributed by atoms with van der Waals surface area (Å²) in [6.45, 7) is 5.26. The van der Waals surface area contributed by atoms with Crippen molar-refractivity contribution in [1.29, 1.82) is 0 Å². The zero-order chi connectivity index (χ0) is 12.3. The number of carbonyl (C=O) groups is 1. The molecule has 1 aromatic carbocycles. The van der Waals surface area contributed by atoms with Crippen molar-refractivity contribution in [3.8, 4) is 5.75 Å². The Kier molecular flexibility index (Phi) is 3.44. The molecule has 0 saturated heterocycles. The lowest BCUT2D eigenvalue weighted by molar-refractivity contribution is 0.0945. The third-order valence-electron chi connectivity index (χ3n) is 2.74. The van der Waals surface area contributed by atoms with Crippen LogP contribution in [0.4, 0.5) is 0 Å². The van der Waals surface area contributed by atoms with E-state index in [-0.39, 0.29) is 5.91 Å². The van der Waals surface area contributed by atoms with Crippen LogP contribution in [0.15, 0.2) is 30.4 Å². The highest BCUT2D eigenvalue weighted by Crippen LogP contribution is 2.20. The second-order valence-corrected chi connectivity index (χ2v) is 4.07. The molecule has 1 heterocycles. The molecule has 3 N–H and O–H groups in total. The van der Waals surface area contributed by atoms with Crippen LogP contribution in [0.2, 0.25) is 0 Å². The van der Waals surface area contributed by atoms with Crippen molar-refractivity contribution in [3.05, 3.63) is 41.5 Å². The minimum atomic E-state index is -0.0330. The molecule has 0 bridgehead atoms. The van der Waals surface area contributed by atoms with Crippen molar-refractivity contribution in [2.75, 3.05) is 19.7 Å². The third kappa shape index (κ3) is 2.65. The van der Waals surface area contributed by atoms with E-state index in [1.807, 2.05) is 12.1 Å². The number of fused-ring (bicyclic) bond motifs is 1. The topological polar surface area (TPSA) is 64.3 Å². The summed E-state index contributed by atoms with van der Waals surface area (Å²) in [6.07, 6.45) is 0.872. The first-order chi connectivity index (χ1) is 8.20. The van der Waals surface area contributed by atoms with Gasteiger partial charge in [0.15, 0.2) is 0 Å². The fraction of sp³-hybridized carbons (Fsp3) is 0.308. The molecule has 1 amide bonds. The smallest absolute Gasteiger partial charge is 0.251 e. The van der Waals surface area contributed by atoms with Gasteiger partial charge < -0.3 is 15.8 Å². The Morgan fingerprint density at radius 3 is 3.12 bits per heavy atom. The summed E-state index contributed by atoms with van der Waals surface area (Å²) in [7, 11) is 0. The first-order valence-electron chi connectivity index (χ1n) is 5.61. The third-order valence-corrected chi connectivity index (χ3v) is 2.74. The van der Waals surface area contributed by atoms with E-state index in [9.17, 15) is 4.79 Å². The number of amides is 1. The molecular formula is C13H16N2O2. The molecule has 0 spiro atoms. The molecule has 4 heteroatoms. The van der Waals surface area contributed by atoms with Crippen LogP contribution in [0.1, 0.15) is 15.9 Å². The van der Waals surface area contributed by atoms with Gasteiger partial charge in [0.05, 0.1) is 0 Å². The minimum Gasteiger partial charge on any atom is -0.489 e. The van der Waals surface area contributed by atoms with Gasteiger partial charge in [-0.15, -0.1) is 0 Å². The van der Waals surface area contributed by atoms with Crippen molar-refractivity contribution in [1.82, 2.24) is 5.32 Å². The largest absolute Gasteiger partial charge is 0.489 e. The number of nitrogens with two attached hydrogens (primary N) is 1. The Hall–Kier alpha value is -1.81. The van der Waals surface area contributed by atoms with Gasteiger partial charge >= 0.3 is 0 Å². The first kappa shape index (κ1) is 11.7. The number of rotatable bonds is 4. The number of hydrogen-bond acceptors (Lipinski definition) is 3. The number of benzene rings is 1. The van der Waals surface area contributed by atoms with Gasteiger partial charge in [-0.05, 0) is 29.7 Å². The molecule has 0 fully saturated rings. The Balaban J connectivity index is 2.12. The van der Waals surface area contributed by atoms with E-state index in [2.05, 4.69) is 11.9 Å². The molecular weight excluding hydrogens is 216 g/mol. The maximum absolute atomic E-state index is 11.6. The van der Waals surface area contributed by atoms with Crippen LogP contribution in [0.5, 0.6) is 5.75 Å². The normalized spacial score (nSPS) is 13.8. The Labute approximate surface area is 100 Å². The molecule has 1 aromatic rings. The first-order valence-corrected chi connectivity index (χ1v) is 5.61. The molecule has 1 aliphatic heterocycles. The lowest BCUT2D eigenvalue weighted by atomic mass is 10.0. The zero-order valence-corrected chi connectivity index (χ0v) is 9.66. The zero-order valence-electron chi connectivity index (χ0n) is 9.66. The van der Waals surface area contributed by atoms with Crippen molar-refractivity contribution in [2.24, 2.45) is 5.73 Å². The second-order valence-electron chi connectivity index (χ2n) is 4.07. The maximum atomic E-state index is 11.6. The molecule has 17 heavy (non-hydrogen) atoms. The molecule has 0 saturated carbocycles. The van der Waals surface area contributed by atoms with Gasteiger partial charge in [0.25, 0.3) is 5.91 Å². The summed E-state index contributed by atoms with van der Waals surface area (Å²) >= 11 is 0. The summed E-state index contributed by atoms with van der Waals surface area (Å²) < 4.78 is 5.51. The standard InChI is InChI=1S/C13H16N2O2/c1-9(7-14)8-17-11-3-2-10-4-5-15-13(16)12(10)6-11/h2-3,6H,1,4-5,7-8,14H2,(H,15,16). The highest BCUT2D eigenvalue weighted by Gasteiger charge is 2.16. The van der Waals surface area contributed by atoms with Gasteiger partial charge in [-0.25, -0.2) is 0 Å². The number of carbonyl (C=O) groups excluding carboxylic acids is 1. The van der Waals surface area contributed by atoms with Gasteiger partial charge in [0.1, 0.15) is 12.4 Å². The molecule has 0 aliphatic carbocycles. The van der Waals surface area contributed by atoms with Crippen LogP contribution in [0, 0.1) is 0 Å². The van der Waals surface area contributed by atoms with Gasteiger partial charge in [-0.1, -0.05) is 12.6 Å². The quantitative estimate of drug-likeness (QED) is 0.757. The van der Waals surface area contributed by atoms with Crippen LogP contribution < -0.4 is 15.8 Å².